The Morgan fingerprint density at radius 1 is 1.30 bits per heavy atom. The van der Waals surface area contributed by atoms with Gasteiger partial charge in [-0.1, -0.05) is 17.8 Å². The van der Waals surface area contributed by atoms with Crippen LogP contribution in [-0.2, 0) is 16.1 Å². The number of carbonyl (C=O) groups is 1. The van der Waals surface area contributed by atoms with Gasteiger partial charge in [0.05, 0.1) is 24.9 Å². The van der Waals surface area contributed by atoms with E-state index in [1.165, 1.54) is 42.3 Å². The monoisotopic (exact) mass is 443 g/mol. The van der Waals surface area contributed by atoms with Gasteiger partial charge in [-0.05, 0) is 36.4 Å². The van der Waals surface area contributed by atoms with E-state index in [9.17, 15) is 14.0 Å². The summed E-state index contributed by atoms with van der Waals surface area (Å²) in [6, 6.07) is 10.1. The molecular weight excluding hydrogens is 425 g/mol. The van der Waals surface area contributed by atoms with Crippen LogP contribution in [0.1, 0.15) is 12.1 Å². The summed E-state index contributed by atoms with van der Waals surface area (Å²) in [5.41, 5.74) is 1.36. The SMILES string of the molecule is COC(=O)CCn1c(=O)/c(=C2\Sc3cc(F)ccc3N2C)s/c1=C\c1ccccn1. The number of rotatable bonds is 4. The average molecular weight is 444 g/mol. The predicted molar refractivity (Wildman–Crippen MR) is 116 cm³/mol. The van der Waals surface area contributed by atoms with Crippen LogP contribution in [0.2, 0.25) is 0 Å². The van der Waals surface area contributed by atoms with Gasteiger partial charge in [-0.15, -0.1) is 11.3 Å². The molecule has 0 fully saturated rings. The molecule has 0 saturated carbocycles. The molecular formula is C21H18FN3O3S2. The fourth-order valence-electron chi connectivity index (χ4n) is 3.10. The second-order valence-electron chi connectivity index (χ2n) is 6.53. The van der Waals surface area contributed by atoms with Crippen molar-refractivity contribution in [3.8, 4) is 0 Å². The summed E-state index contributed by atoms with van der Waals surface area (Å²) < 4.78 is 21.2. The Bertz CT molecular complexity index is 1290. The molecule has 1 aliphatic heterocycles. The van der Waals surface area contributed by atoms with Crippen molar-refractivity contribution in [1.29, 1.82) is 0 Å². The maximum Gasteiger partial charge on any atom is 0.307 e. The fraction of sp³-hybridized carbons (Fsp3) is 0.190. The van der Waals surface area contributed by atoms with Gasteiger partial charge in [0, 0.05) is 24.7 Å². The molecule has 3 heterocycles. The highest BCUT2D eigenvalue weighted by Gasteiger charge is 2.25. The molecule has 2 aromatic heterocycles. The van der Waals surface area contributed by atoms with E-state index in [2.05, 4.69) is 4.98 Å². The lowest BCUT2D eigenvalue weighted by Gasteiger charge is -2.12. The molecule has 3 aromatic rings. The minimum atomic E-state index is -0.388. The lowest BCUT2D eigenvalue weighted by atomic mass is 10.3. The molecule has 0 atom stereocenters. The van der Waals surface area contributed by atoms with Crippen LogP contribution >= 0.6 is 23.1 Å². The molecule has 154 valence electrons. The van der Waals surface area contributed by atoms with Crippen molar-refractivity contribution in [3.63, 3.8) is 0 Å². The first-order chi connectivity index (χ1) is 14.5. The van der Waals surface area contributed by atoms with Crippen LogP contribution in [0.25, 0.3) is 11.1 Å². The largest absolute Gasteiger partial charge is 0.469 e. The van der Waals surface area contributed by atoms with Gasteiger partial charge >= 0.3 is 5.97 Å². The van der Waals surface area contributed by atoms with Crippen molar-refractivity contribution in [2.75, 3.05) is 19.1 Å². The summed E-state index contributed by atoms with van der Waals surface area (Å²) in [7, 11) is 3.17. The van der Waals surface area contributed by atoms with E-state index in [0.717, 1.165) is 15.6 Å². The zero-order valence-corrected chi connectivity index (χ0v) is 17.9. The first-order valence-electron chi connectivity index (χ1n) is 9.12. The van der Waals surface area contributed by atoms with Gasteiger partial charge in [0.25, 0.3) is 5.56 Å². The Morgan fingerprint density at radius 2 is 2.13 bits per heavy atom. The topological polar surface area (TPSA) is 64.4 Å². The van der Waals surface area contributed by atoms with E-state index in [1.807, 2.05) is 36.2 Å². The average Bonchev–Trinajstić information content (AvgIpc) is 3.22. The van der Waals surface area contributed by atoms with Gasteiger partial charge in [0.2, 0.25) is 0 Å². The van der Waals surface area contributed by atoms with Gasteiger partial charge in [-0.2, -0.15) is 0 Å². The molecule has 30 heavy (non-hydrogen) atoms. The van der Waals surface area contributed by atoms with Crippen molar-refractivity contribution >= 4 is 45.9 Å². The summed E-state index contributed by atoms with van der Waals surface area (Å²) in [6.45, 7) is 0.198. The lowest BCUT2D eigenvalue weighted by molar-refractivity contribution is -0.140. The summed E-state index contributed by atoms with van der Waals surface area (Å²) in [5.74, 6) is -0.705. The molecule has 4 rings (SSSR count). The predicted octanol–water partition coefficient (Wildman–Crippen LogP) is 2.14. The number of aromatic nitrogens is 2. The van der Waals surface area contributed by atoms with E-state index >= 15 is 0 Å². The van der Waals surface area contributed by atoms with Gasteiger partial charge < -0.3 is 9.64 Å². The van der Waals surface area contributed by atoms with E-state index in [0.29, 0.717) is 14.9 Å². The fourth-order valence-corrected chi connectivity index (χ4v) is 5.55. The number of thiazole rings is 1. The van der Waals surface area contributed by atoms with Crippen molar-refractivity contribution in [1.82, 2.24) is 9.55 Å². The summed E-state index contributed by atoms with van der Waals surface area (Å²) >= 11 is 2.69. The molecule has 0 aliphatic carbocycles. The van der Waals surface area contributed by atoms with Crippen LogP contribution in [-0.4, -0.2) is 29.7 Å². The number of hydrogen-bond acceptors (Lipinski definition) is 7. The maximum absolute atomic E-state index is 13.7. The van der Waals surface area contributed by atoms with E-state index in [1.54, 1.807) is 16.8 Å². The molecule has 0 spiro atoms. The maximum atomic E-state index is 13.7. The quantitative estimate of drug-likeness (QED) is 0.576. The number of ether oxygens (including phenoxy) is 1. The molecule has 0 unspecified atom stereocenters. The molecule has 0 radical (unpaired) electrons. The zero-order chi connectivity index (χ0) is 21.3. The van der Waals surface area contributed by atoms with Crippen molar-refractivity contribution < 1.29 is 13.9 Å². The number of fused-ring (bicyclic) bond motifs is 1. The molecule has 0 saturated heterocycles. The number of nitrogens with zero attached hydrogens (tertiary/aromatic N) is 3. The van der Waals surface area contributed by atoms with Crippen LogP contribution in [0.5, 0.6) is 0 Å². The first-order valence-corrected chi connectivity index (χ1v) is 10.8. The number of carbonyl (C=O) groups excluding carboxylic acids is 1. The van der Waals surface area contributed by atoms with Crippen LogP contribution < -0.4 is 19.7 Å². The molecule has 0 bridgehead atoms. The van der Waals surface area contributed by atoms with Gasteiger partial charge in [-0.3, -0.25) is 19.1 Å². The highest BCUT2D eigenvalue weighted by Crippen LogP contribution is 2.45. The zero-order valence-electron chi connectivity index (χ0n) is 16.3. The lowest BCUT2D eigenvalue weighted by Crippen LogP contribution is -2.34. The smallest absolute Gasteiger partial charge is 0.307 e. The Kier molecular flexibility index (Phi) is 5.74. The highest BCUT2D eigenvalue weighted by atomic mass is 32.2. The first kappa shape index (κ1) is 20.4. The molecule has 0 N–H and O–H groups in total. The van der Waals surface area contributed by atoms with E-state index in [-0.39, 0.29) is 30.3 Å². The van der Waals surface area contributed by atoms with E-state index in [4.69, 9.17) is 4.74 Å². The van der Waals surface area contributed by atoms with Crippen LogP contribution in [0.4, 0.5) is 10.1 Å². The second-order valence-corrected chi connectivity index (χ2v) is 8.59. The third-order valence-electron chi connectivity index (χ3n) is 4.63. The summed E-state index contributed by atoms with van der Waals surface area (Å²) in [5, 5.41) is 0.734. The summed E-state index contributed by atoms with van der Waals surface area (Å²) in [4.78, 5) is 31.9. The number of hydrogen-bond donors (Lipinski definition) is 0. The number of thioether (sulfide) groups is 1. The van der Waals surface area contributed by atoms with E-state index < -0.39 is 0 Å². The minimum Gasteiger partial charge on any atom is -0.469 e. The Morgan fingerprint density at radius 3 is 2.87 bits per heavy atom. The normalized spacial score (nSPS) is 15.4. The van der Waals surface area contributed by atoms with Gasteiger partial charge in [0.15, 0.2) is 0 Å². The third kappa shape index (κ3) is 3.90. The molecule has 6 nitrogen and oxygen atoms in total. The summed E-state index contributed by atoms with van der Waals surface area (Å²) in [6.07, 6.45) is 3.58. The van der Waals surface area contributed by atoms with Crippen LogP contribution in [0.15, 0.2) is 52.3 Å². The Balaban J connectivity index is 1.88. The van der Waals surface area contributed by atoms with Gasteiger partial charge in [0.1, 0.15) is 20.0 Å². The number of esters is 1. The van der Waals surface area contributed by atoms with Crippen molar-refractivity contribution in [3.05, 3.63) is 73.7 Å². The number of anilines is 1. The molecule has 9 heteroatoms. The number of benzene rings is 1. The second kappa shape index (κ2) is 8.45. The Labute approximate surface area is 179 Å². The molecule has 1 aliphatic rings. The number of pyridine rings is 1. The highest BCUT2D eigenvalue weighted by molar-refractivity contribution is 8.08. The number of halogens is 1. The Hall–Kier alpha value is -2.91. The molecule has 0 amide bonds. The molecule has 1 aromatic carbocycles. The van der Waals surface area contributed by atoms with Crippen LogP contribution in [0.3, 0.4) is 0 Å². The van der Waals surface area contributed by atoms with Crippen molar-refractivity contribution in [2.45, 2.75) is 17.9 Å². The van der Waals surface area contributed by atoms with Gasteiger partial charge in [-0.25, -0.2) is 4.39 Å². The standard InChI is InChI=1S/C21H18FN3O3S2/c1-24-15-7-6-13(22)11-16(15)29-21(24)19-20(27)25(10-8-18(26)28-2)17(30-19)12-14-5-3-4-9-23-14/h3-7,9,11-12H,8,10H2,1-2H3/b17-12-,21-19+. The third-order valence-corrected chi connectivity index (χ3v) is 7.09. The van der Waals surface area contributed by atoms with Crippen molar-refractivity contribution in [2.24, 2.45) is 0 Å². The number of methoxy groups -OCH3 is 1. The van der Waals surface area contributed by atoms with Crippen LogP contribution in [0, 0.1) is 5.82 Å². The minimum absolute atomic E-state index is 0.0827.